The van der Waals surface area contributed by atoms with Gasteiger partial charge in [0.25, 0.3) is 0 Å². The molecule has 2 nitrogen and oxygen atoms in total. The average molecular weight is 474 g/mol. The second-order valence-electron chi connectivity index (χ2n) is 6.46. The van der Waals surface area contributed by atoms with Gasteiger partial charge in [0.15, 0.2) is 0 Å². The summed E-state index contributed by atoms with van der Waals surface area (Å²) in [4.78, 5) is 11.2. The summed E-state index contributed by atoms with van der Waals surface area (Å²) < 4.78 is 5.23. The van der Waals surface area contributed by atoms with Crippen LogP contribution < -0.4 is 10.6 Å². The van der Waals surface area contributed by atoms with E-state index < -0.39 is 6.04 Å². The van der Waals surface area contributed by atoms with Gasteiger partial charge in [0.1, 0.15) is 0 Å². The van der Waals surface area contributed by atoms with Crippen molar-refractivity contribution in [1.29, 1.82) is 0 Å². The van der Waals surface area contributed by atoms with Gasteiger partial charge < -0.3 is 4.74 Å². The fourth-order valence-corrected chi connectivity index (χ4v) is 7.22. The minimum Gasteiger partial charge on any atom is -0.465 e. The van der Waals surface area contributed by atoms with Gasteiger partial charge in [-0.1, -0.05) is 72.5 Å². The number of benzene rings is 2. The predicted octanol–water partition coefficient (Wildman–Crippen LogP) is 4.43. The minimum atomic E-state index is -2.18. The summed E-state index contributed by atoms with van der Waals surface area (Å²) >= 11 is 6.29. The molecule has 0 amide bonds. The third-order valence-corrected chi connectivity index (χ3v) is 9.47. The van der Waals surface area contributed by atoms with Crippen molar-refractivity contribution in [3.8, 4) is 0 Å². The molecule has 2 aliphatic carbocycles. The van der Waals surface area contributed by atoms with Crippen molar-refractivity contribution in [3.63, 3.8) is 0 Å². The molecule has 0 bridgehead atoms. The third kappa shape index (κ3) is 6.54. The van der Waals surface area contributed by atoms with Crippen LogP contribution in [0.15, 0.2) is 60.7 Å². The molecule has 0 aliphatic heterocycles. The van der Waals surface area contributed by atoms with Crippen LogP contribution in [-0.2, 0) is 38.4 Å². The molecule has 30 heavy (non-hydrogen) atoms. The largest absolute Gasteiger partial charge is 2.00 e. The van der Waals surface area contributed by atoms with E-state index in [0.29, 0.717) is 0 Å². The molecule has 0 aromatic heterocycles. The molecule has 5 heteroatoms. The van der Waals surface area contributed by atoms with Crippen LogP contribution in [0.3, 0.4) is 0 Å². The Morgan fingerprint density at radius 1 is 0.800 bits per heavy atom. The molecule has 2 aromatic rings. The maximum Gasteiger partial charge on any atom is 2.00 e. The molecule has 4 rings (SSSR count). The van der Waals surface area contributed by atoms with Crippen LogP contribution >= 0.6 is 6.04 Å². The summed E-state index contributed by atoms with van der Waals surface area (Å²) in [5.41, 5.74) is 1.09. The van der Waals surface area contributed by atoms with Crippen molar-refractivity contribution in [2.45, 2.75) is 6.92 Å². The normalized spacial score (nSPS) is 17.0. The molecule has 0 unspecified atom stereocenters. The molecule has 2 fully saturated rings. The summed E-state index contributed by atoms with van der Waals surface area (Å²) in [6.45, 7) is 1.68. The third-order valence-electron chi connectivity index (χ3n) is 4.45. The van der Waals surface area contributed by atoms with Gasteiger partial charge in [-0.3, -0.25) is 4.79 Å². The van der Waals surface area contributed by atoms with Gasteiger partial charge >= 0.3 is 23.0 Å². The van der Waals surface area contributed by atoms with E-state index in [1.807, 2.05) is 81.3 Å². The first-order valence-corrected chi connectivity index (χ1v) is 12.2. The van der Waals surface area contributed by atoms with Crippen LogP contribution in [0.4, 0.5) is 0 Å². The van der Waals surface area contributed by atoms with Crippen LogP contribution in [0.5, 0.6) is 0 Å². The molecular formula is C25H23FeO2PS+2. The van der Waals surface area contributed by atoms with Crippen molar-refractivity contribution >= 4 is 34.4 Å². The standard InChI is InChI=1S/C20H18O2PS.C5H5.Fe/c1-16(21)22-15-17-9-8-14-20(17)23(24,18-10-4-2-5-11-18)19-12-6-3-7-13-19;1-2-4-5-3-1;/h2-14H,15H2,1H3;1-5H;/q;;+2. The zero-order valence-electron chi connectivity index (χ0n) is 16.6. The van der Waals surface area contributed by atoms with Gasteiger partial charge in [-0.05, 0) is 62.0 Å². The Bertz CT molecular complexity index is 757. The number of carbonyl (C=O) groups excluding carboxylic acids is 1. The zero-order valence-corrected chi connectivity index (χ0v) is 19.4. The number of hydrogen-bond acceptors (Lipinski definition) is 3. The van der Waals surface area contributed by atoms with E-state index in [4.69, 9.17) is 16.5 Å². The summed E-state index contributed by atoms with van der Waals surface area (Å²) in [6.07, 6.45) is 16.0. The maximum atomic E-state index is 11.2. The van der Waals surface area contributed by atoms with Crippen molar-refractivity contribution in [2.24, 2.45) is 0 Å². The first kappa shape index (κ1) is 25.3. The van der Waals surface area contributed by atoms with Crippen LogP contribution in [-0.4, -0.2) is 12.6 Å². The van der Waals surface area contributed by atoms with E-state index in [0.717, 1.165) is 22.2 Å². The van der Waals surface area contributed by atoms with E-state index >= 15 is 0 Å². The summed E-state index contributed by atoms with van der Waals surface area (Å²) in [5.74, 6) is 0.705. The molecule has 0 heterocycles. The van der Waals surface area contributed by atoms with E-state index in [1.165, 1.54) is 6.92 Å². The van der Waals surface area contributed by atoms with Crippen molar-refractivity contribution < 1.29 is 26.6 Å². The first-order valence-electron chi connectivity index (χ1n) is 9.39. The monoisotopic (exact) mass is 474 g/mol. The van der Waals surface area contributed by atoms with Crippen molar-refractivity contribution in [1.82, 2.24) is 0 Å². The smallest absolute Gasteiger partial charge is 0.465 e. The first-order chi connectivity index (χ1) is 14.1. The van der Waals surface area contributed by atoms with Gasteiger partial charge in [0, 0.05) is 24.5 Å². The second-order valence-corrected chi connectivity index (χ2v) is 10.8. The van der Waals surface area contributed by atoms with Crippen LogP contribution in [0, 0.1) is 62.9 Å². The fraction of sp³-hybridized carbons (Fsp3) is 0.0800. The molecule has 10 radical (unpaired) electrons. The van der Waals surface area contributed by atoms with Gasteiger partial charge in [-0.2, -0.15) is 0 Å². The predicted molar refractivity (Wildman–Crippen MR) is 124 cm³/mol. The van der Waals surface area contributed by atoms with Gasteiger partial charge in [0.2, 0.25) is 0 Å². The number of rotatable bonds is 5. The SMILES string of the molecule is CC(=O)OC[C]1[CH][CH][CH][C]1P(=S)(c1ccccc1)c1ccccc1.[CH]1[CH][CH][CH][CH]1.[Fe+2]. The Morgan fingerprint density at radius 3 is 1.70 bits per heavy atom. The van der Waals surface area contributed by atoms with E-state index in [2.05, 4.69) is 30.7 Å². The summed E-state index contributed by atoms with van der Waals surface area (Å²) in [5, 5.41) is 2.28. The van der Waals surface area contributed by atoms with E-state index in [9.17, 15) is 4.79 Å². The number of ether oxygens (including phenoxy) is 1. The van der Waals surface area contributed by atoms with Gasteiger partial charge in [-0.15, -0.1) is 0 Å². The minimum absolute atomic E-state index is 0. The second kappa shape index (κ2) is 12.8. The fourth-order valence-electron chi connectivity index (χ4n) is 3.08. The van der Waals surface area contributed by atoms with Gasteiger partial charge in [0.05, 0.1) is 6.61 Å². The summed E-state index contributed by atoms with van der Waals surface area (Å²) in [7, 11) is 0. The number of carbonyl (C=O) groups is 1. The molecule has 2 aliphatic rings. The Balaban J connectivity index is 0.000000468. The Labute approximate surface area is 197 Å². The van der Waals surface area contributed by atoms with Crippen molar-refractivity contribution in [2.75, 3.05) is 6.61 Å². The maximum absolute atomic E-state index is 11.2. The Kier molecular flexibility index (Phi) is 10.8. The molecule has 0 N–H and O–H groups in total. The van der Waals surface area contributed by atoms with Crippen molar-refractivity contribution in [3.05, 3.63) is 124 Å². The van der Waals surface area contributed by atoms with Crippen LogP contribution in [0.2, 0.25) is 0 Å². The molecule has 0 saturated heterocycles. The quantitative estimate of drug-likeness (QED) is 0.365. The Hall–Kier alpha value is -0.921. The topological polar surface area (TPSA) is 26.3 Å². The van der Waals surface area contributed by atoms with E-state index in [-0.39, 0.29) is 29.6 Å². The zero-order chi connectivity index (χ0) is 20.5. The number of esters is 1. The average Bonchev–Trinajstić information content (AvgIpc) is 3.48. The number of hydrogen-bond donors (Lipinski definition) is 0. The van der Waals surface area contributed by atoms with Crippen LogP contribution in [0.25, 0.3) is 0 Å². The van der Waals surface area contributed by atoms with Crippen LogP contribution in [0.1, 0.15) is 6.92 Å². The van der Waals surface area contributed by atoms with Gasteiger partial charge in [-0.25, -0.2) is 0 Å². The molecule has 152 valence electrons. The molecule has 0 spiro atoms. The molecular weight excluding hydrogens is 451 g/mol. The molecule has 2 aromatic carbocycles. The van der Waals surface area contributed by atoms with E-state index in [1.54, 1.807) is 0 Å². The summed E-state index contributed by atoms with van der Waals surface area (Å²) in [6, 6.07) is 18.3. The Morgan fingerprint density at radius 2 is 1.27 bits per heavy atom. The molecule has 0 atom stereocenters. The molecule has 2 saturated carbocycles.